The summed E-state index contributed by atoms with van der Waals surface area (Å²) in [6.07, 6.45) is 0. The fourth-order valence-corrected chi connectivity index (χ4v) is 9.44. The van der Waals surface area contributed by atoms with Crippen molar-refractivity contribution in [2.75, 3.05) is 0 Å². The topological polar surface area (TPSA) is 36.1 Å². The van der Waals surface area contributed by atoms with E-state index in [-0.39, 0.29) is 0 Å². The molecule has 0 fully saturated rings. The molecule has 0 radical (unpaired) electrons. The first-order valence-electron chi connectivity index (χ1n) is 19.7. The molecule has 0 N–H and O–H groups in total. The van der Waals surface area contributed by atoms with Gasteiger partial charge in [-0.05, 0) is 101 Å². The van der Waals surface area contributed by atoms with E-state index >= 15 is 0 Å². The summed E-state index contributed by atoms with van der Waals surface area (Å²) in [5.41, 5.74) is 15.2. The summed E-state index contributed by atoms with van der Waals surface area (Å²) in [5, 5.41) is 9.20. The fourth-order valence-electron chi connectivity index (χ4n) is 9.44. The number of hydrogen-bond acceptors (Lipinski definition) is 2. The Morgan fingerprint density at radius 1 is 0.241 bits per heavy atom. The van der Waals surface area contributed by atoms with Gasteiger partial charge < -0.3 is 18.0 Å². The zero-order valence-electron chi connectivity index (χ0n) is 31.2. The number of benzene rings is 9. The molecule has 4 heteroatoms. The smallest absolute Gasteiger partial charge is 0.137 e. The highest BCUT2D eigenvalue weighted by Crippen LogP contribution is 2.41. The van der Waals surface area contributed by atoms with Crippen molar-refractivity contribution in [2.45, 2.75) is 0 Å². The van der Waals surface area contributed by atoms with Crippen LogP contribution in [0.25, 0.3) is 121 Å². The van der Waals surface area contributed by atoms with Crippen molar-refractivity contribution in [3.8, 4) is 33.6 Å². The van der Waals surface area contributed by atoms with Crippen LogP contribution in [-0.4, -0.2) is 9.13 Å². The molecule has 0 unspecified atom stereocenters. The first kappa shape index (κ1) is 31.4. The van der Waals surface area contributed by atoms with E-state index in [1.807, 2.05) is 18.2 Å². The minimum Gasteiger partial charge on any atom is -0.456 e. The molecule has 0 aliphatic heterocycles. The second-order valence-corrected chi connectivity index (χ2v) is 15.3. The van der Waals surface area contributed by atoms with Gasteiger partial charge in [-0.1, -0.05) is 109 Å². The van der Waals surface area contributed by atoms with Crippen LogP contribution in [0.1, 0.15) is 0 Å². The SMILES string of the molecule is c1ccc(-c2cccc(-n3c4ccccc4c4cc(-c5ccc6c(c5)c5ccccc5n6-c5ccc6c(c5)oc5cc7c(cc56)oc5ccccc57)ccc43)c2)cc1. The molecule has 0 amide bonds. The Morgan fingerprint density at radius 3 is 1.40 bits per heavy atom. The number of aromatic nitrogens is 2. The summed E-state index contributed by atoms with van der Waals surface area (Å²) in [6, 6.07) is 69.7. The van der Waals surface area contributed by atoms with E-state index < -0.39 is 0 Å². The van der Waals surface area contributed by atoms with Crippen LogP contribution in [0.3, 0.4) is 0 Å². The third kappa shape index (κ3) is 4.51. The van der Waals surface area contributed by atoms with Crippen LogP contribution in [-0.2, 0) is 0 Å². The lowest BCUT2D eigenvalue weighted by Gasteiger charge is -2.11. The summed E-state index contributed by atoms with van der Waals surface area (Å²) >= 11 is 0. The zero-order chi connectivity index (χ0) is 37.9. The van der Waals surface area contributed by atoms with Crippen LogP contribution in [0.15, 0.2) is 203 Å². The number of hydrogen-bond donors (Lipinski definition) is 0. The highest BCUT2D eigenvalue weighted by Gasteiger charge is 2.18. The number of fused-ring (bicyclic) bond motifs is 12. The van der Waals surface area contributed by atoms with Crippen LogP contribution in [0.5, 0.6) is 0 Å². The van der Waals surface area contributed by atoms with E-state index in [9.17, 15) is 0 Å². The van der Waals surface area contributed by atoms with Gasteiger partial charge in [0.1, 0.15) is 22.3 Å². The Balaban J connectivity index is 0.942. The predicted octanol–water partition coefficient (Wildman–Crippen LogP) is 15.0. The van der Waals surface area contributed by atoms with Crippen molar-refractivity contribution in [3.05, 3.63) is 194 Å². The minimum absolute atomic E-state index is 0.853. The molecule has 4 heterocycles. The Morgan fingerprint density at radius 2 is 0.724 bits per heavy atom. The molecular formula is C54H32N2O2. The molecule has 0 bridgehead atoms. The summed E-state index contributed by atoms with van der Waals surface area (Å²) in [7, 11) is 0. The highest BCUT2D eigenvalue weighted by molar-refractivity contribution is 6.16. The van der Waals surface area contributed by atoms with E-state index in [1.54, 1.807) is 0 Å². The first-order valence-corrected chi connectivity index (χ1v) is 19.7. The lowest BCUT2D eigenvalue weighted by atomic mass is 10.0. The number of rotatable bonds is 4. The molecule has 0 saturated carbocycles. The summed E-state index contributed by atoms with van der Waals surface area (Å²) in [5.74, 6) is 0. The second kappa shape index (κ2) is 11.8. The van der Waals surface area contributed by atoms with E-state index in [2.05, 4.69) is 185 Å². The van der Waals surface area contributed by atoms with Gasteiger partial charge in [-0.2, -0.15) is 0 Å². The van der Waals surface area contributed by atoms with Crippen molar-refractivity contribution < 1.29 is 8.83 Å². The van der Waals surface area contributed by atoms with Crippen molar-refractivity contribution >= 4 is 87.5 Å². The van der Waals surface area contributed by atoms with Crippen LogP contribution >= 0.6 is 0 Å². The first-order chi connectivity index (χ1) is 28.7. The largest absolute Gasteiger partial charge is 0.456 e. The van der Waals surface area contributed by atoms with Crippen LogP contribution in [0.4, 0.5) is 0 Å². The van der Waals surface area contributed by atoms with E-state index in [1.165, 1.54) is 54.8 Å². The Kier molecular flexibility index (Phi) is 6.41. The molecule has 0 aliphatic rings. The van der Waals surface area contributed by atoms with Gasteiger partial charge in [-0.15, -0.1) is 0 Å². The maximum Gasteiger partial charge on any atom is 0.137 e. The molecule has 58 heavy (non-hydrogen) atoms. The molecule has 270 valence electrons. The number of nitrogens with zero attached hydrogens (tertiary/aromatic N) is 2. The predicted molar refractivity (Wildman–Crippen MR) is 241 cm³/mol. The minimum atomic E-state index is 0.853. The van der Waals surface area contributed by atoms with Crippen molar-refractivity contribution in [1.82, 2.24) is 9.13 Å². The maximum atomic E-state index is 6.58. The monoisotopic (exact) mass is 740 g/mol. The van der Waals surface area contributed by atoms with E-state index in [0.29, 0.717) is 0 Å². The molecule has 9 aromatic carbocycles. The Labute approximate surface area is 332 Å². The molecule has 13 rings (SSSR count). The normalized spacial score (nSPS) is 12.1. The molecule has 4 nitrogen and oxygen atoms in total. The molecule has 0 spiro atoms. The van der Waals surface area contributed by atoms with Gasteiger partial charge in [0, 0.05) is 60.5 Å². The third-order valence-electron chi connectivity index (χ3n) is 12.1. The van der Waals surface area contributed by atoms with Crippen LogP contribution in [0, 0.1) is 0 Å². The van der Waals surface area contributed by atoms with Gasteiger partial charge in [0.05, 0.1) is 22.1 Å². The van der Waals surface area contributed by atoms with Gasteiger partial charge in [-0.3, -0.25) is 0 Å². The lowest BCUT2D eigenvalue weighted by Crippen LogP contribution is -1.94. The van der Waals surface area contributed by atoms with Crippen molar-refractivity contribution in [1.29, 1.82) is 0 Å². The second-order valence-electron chi connectivity index (χ2n) is 15.3. The summed E-state index contributed by atoms with van der Waals surface area (Å²) < 4.78 is 17.6. The van der Waals surface area contributed by atoms with Gasteiger partial charge in [0.2, 0.25) is 0 Å². The fraction of sp³-hybridized carbons (Fsp3) is 0. The van der Waals surface area contributed by atoms with Crippen LogP contribution in [0.2, 0.25) is 0 Å². The van der Waals surface area contributed by atoms with Crippen molar-refractivity contribution in [3.63, 3.8) is 0 Å². The standard InChI is InChI=1S/C54H32N2O2/c1-2-11-33(12-3-1)34-13-10-14-37(27-34)55-47-18-7-4-15-39(47)43-28-35(21-25-49(43)55)36-22-26-50-44(29-36)40-16-5-8-19-48(40)56(50)38-23-24-42-46-32-53-45(31-54(46)58-52(42)30-38)41-17-6-9-20-51(41)57-53/h1-32H. The average molecular weight is 741 g/mol. The number of furan rings is 2. The van der Waals surface area contributed by atoms with Crippen molar-refractivity contribution in [2.24, 2.45) is 0 Å². The molecule has 0 saturated heterocycles. The molecule has 4 aromatic heterocycles. The Bertz CT molecular complexity index is 3800. The molecular weight excluding hydrogens is 709 g/mol. The Hall–Kier alpha value is -7.82. The van der Waals surface area contributed by atoms with E-state index in [0.717, 1.165) is 66.3 Å². The van der Waals surface area contributed by atoms with Gasteiger partial charge in [0.25, 0.3) is 0 Å². The summed E-state index contributed by atoms with van der Waals surface area (Å²) in [4.78, 5) is 0. The third-order valence-corrected chi connectivity index (χ3v) is 12.1. The molecule has 0 atom stereocenters. The molecule has 0 aliphatic carbocycles. The average Bonchev–Trinajstić information content (AvgIpc) is 4.02. The molecule has 13 aromatic rings. The van der Waals surface area contributed by atoms with Gasteiger partial charge in [-0.25, -0.2) is 0 Å². The van der Waals surface area contributed by atoms with Gasteiger partial charge in [0.15, 0.2) is 0 Å². The van der Waals surface area contributed by atoms with Crippen LogP contribution < -0.4 is 0 Å². The number of para-hydroxylation sites is 3. The summed E-state index contributed by atoms with van der Waals surface area (Å²) in [6.45, 7) is 0. The lowest BCUT2D eigenvalue weighted by molar-refractivity contribution is 0.664. The zero-order valence-corrected chi connectivity index (χ0v) is 31.2. The quantitative estimate of drug-likeness (QED) is 0.180. The van der Waals surface area contributed by atoms with Gasteiger partial charge >= 0.3 is 0 Å². The van der Waals surface area contributed by atoms with E-state index in [4.69, 9.17) is 8.83 Å². The highest BCUT2D eigenvalue weighted by atomic mass is 16.3. The maximum absolute atomic E-state index is 6.58.